The molecule has 25 heavy (non-hydrogen) atoms. The molecule has 1 saturated heterocycles. The van der Waals surface area contributed by atoms with Crippen molar-refractivity contribution in [3.63, 3.8) is 0 Å². The van der Waals surface area contributed by atoms with Crippen LogP contribution in [0, 0.1) is 0 Å². The zero-order chi connectivity index (χ0) is 17.6. The molecule has 1 fully saturated rings. The first-order valence-electron chi connectivity index (χ1n) is 8.38. The summed E-state index contributed by atoms with van der Waals surface area (Å²) in [7, 11) is 0. The van der Waals surface area contributed by atoms with Gasteiger partial charge in [-0.1, -0.05) is 6.92 Å². The molecule has 3 heterocycles. The third-order valence-corrected chi connectivity index (χ3v) is 3.99. The molecule has 0 unspecified atom stereocenters. The molecule has 0 spiro atoms. The van der Waals surface area contributed by atoms with Gasteiger partial charge in [-0.2, -0.15) is 0 Å². The molecule has 2 aromatic rings. The van der Waals surface area contributed by atoms with E-state index in [4.69, 9.17) is 4.42 Å². The highest BCUT2D eigenvalue weighted by Crippen LogP contribution is 2.12. The highest BCUT2D eigenvalue weighted by atomic mass is 16.3. The predicted molar refractivity (Wildman–Crippen MR) is 91.3 cm³/mol. The average Bonchev–Trinajstić information content (AvgIpc) is 3.20. The van der Waals surface area contributed by atoms with Crippen molar-refractivity contribution in [2.45, 2.75) is 13.3 Å². The Bertz CT molecular complexity index is 724. The van der Waals surface area contributed by atoms with Gasteiger partial charge in [0.2, 0.25) is 5.95 Å². The summed E-state index contributed by atoms with van der Waals surface area (Å²) in [6, 6.07) is 4.94. The molecular weight excluding hydrogens is 322 g/mol. The van der Waals surface area contributed by atoms with E-state index in [-0.39, 0.29) is 11.8 Å². The van der Waals surface area contributed by atoms with Crippen LogP contribution in [0.1, 0.15) is 34.4 Å². The van der Waals surface area contributed by atoms with E-state index in [1.807, 2.05) is 6.92 Å². The topological polar surface area (TPSA) is 91.6 Å². The van der Waals surface area contributed by atoms with Gasteiger partial charge in [0.05, 0.1) is 6.26 Å². The van der Waals surface area contributed by atoms with Crippen molar-refractivity contribution in [1.82, 2.24) is 19.8 Å². The molecule has 1 aliphatic rings. The molecule has 0 saturated carbocycles. The Kier molecular flexibility index (Phi) is 5.27. The second kappa shape index (κ2) is 7.78. The molecular formula is C17H21N5O3. The molecule has 2 amide bonds. The maximum atomic E-state index is 12.6. The predicted octanol–water partition coefficient (Wildman–Crippen LogP) is 1.49. The number of hydrogen-bond donors (Lipinski definition) is 1. The number of nitrogens with one attached hydrogen (secondary N) is 1. The molecule has 1 N–H and O–H groups in total. The quantitative estimate of drug-likeness (QED) is 0.884. The van der Waals surface area contributed by atoms with Gasteiger partial charge in [-0.05, 0) is 24.6 Å². The molecule has 8 heteroatoms. The lowest BCUT2D eigenvalue weighted by molar-refractivity contribution is 0.0515. The normalized spacial score (nSPS) is 14.4. The van der Waals surface area contributed by atoms with Crippen molar-refractivity contribution in [2.75, 3.05) is 38.0 Å². The van der Waals surface area contributed by atoms with Crippen LogP contribution < -0.4 is 5.32 Å². The number of piperazine rings is 1. The minimum atomic E-state index is -0.148. The van der Waals surface area contributed by atoms with Gasteiger partial charge in [-0.15, -0.1) is 0 Å². The minimum absolute atomic E-state index is 0.146. The lowest BCUT2D eigenvalue weighted by Gasteiger charge is -2.34. The maximum absolute atomic E-state index is 12.6. The number of nitrogens with zero attached hydrogens (tertiary/aromatic N) is 4. The monoisotopic (exact) mass is 343 g/mol. The smallest absolute Gasteiger partial charge is 0.289 e. The van der Waals surface area contributed by atoms with Gasteiger partial charge in [-0.3, -0.25) is 9.59 Å². The third kappa shape index (κ3) is 3.96. The van der Waals surface area contributed by atoms with Gasteiger partial charge in [-0.25, -0.2) is 9.97 Å². The Morgan fingerprint density at radius 2 is 1.88 bits per heavy atom. The fourth-order valence-corrected chi connectivity index (χ4v) is 2.63. The van der Waals surface area contributed by atoms with Crippen LogP contribution in [0.2, 0.25) is 0 Å². The summed E-state index contributed by atoms with van der Waals surface area (Å²) < 4.78 is 5.14. The van der Waals surface area contributed by atoms with E-state index in [9.17, 15) is 9.59 Å². The molecule has 0 aliphatic carbocycles. The number of carbonyl (C=O) groups is 2. The van der Waals surface area contributed by atoms with E-state index in [0.29, 0.717) is 43.6 Å². The number of hydrogen-bond acceptors (Lipinski definition) is 6. The summed E-state index contributed by atoms with van der Waals surface area (Å²) in [5.74, 6) is 0.485. The molecule has 0 radical (unpaired) electrons. The molecule has 0 atom stereocenters. The van der Waals surface area contributed by atoms with Crippen LogP contribution in [0.25, 0.3) is 0 Å². The zero-order valence-corrected chi connectivity index (χ0v) is 14.1. The van der Waals surface area contributed by atoms with Crippen molar-refractivity contribution in [3.8, 4) is 0 Å². The highest BCUT2D eigenvalue weighted by Gasteiger charge is 2.27. The maximum Gasteiger partial charge on any atom is 0.289 e. The van der Waals surface area contributed by atoms with E-state index in [0.717, 1.165) is 13.0 Å². The van der Waals surface area contributed by atoms with E-state index in [1.54, 1.807) is 34.2 Å². The van der Waals surface area contributed by atoms with Gasteiger partial charge in [0, 0.05) is 38.9 Å². The fraction of sp³-hybridized carbons (Fsp3) is 0.412. The molecule has 3 rings (SSSR count). The third-order valence-electron chi connectivity index (χ3n) is 3.99. The second-order valence-electron chi connectivity index (χ2n) is 5.75. The number of carbonyl (C=O) groups excluding carboxylic acids is 2. The van der Waals surface area contributed by atoms with E-state index >= 15 is 0 Å². The van der Waals surface area contributed by atoms with E-state index < -0.39 is 0 Å². The van der Waals surface area contributed by atoms with Gasteiger partial charge < -0.3 is 19.5 Å². The standard InChI is InChI=1S/C17H21N5O3/c1-2-6-18-17-19-7-5-13(20-17)15(23)21-8-10-22(11-9-21)16(24)14-4-3-12-25-14/h3-5,7,12H,2,6,8-11H2,1H3,(H,18,19,20). The molecule has 8 nitrogen and oxygen atoms in total. The number of anilines is 1. The van der Waals surface area contributed by atoms with Crippen LogP contribution in [0.5, 0.6) is 0 Å². The minimum Gasteiger partial charge on any atom is -0.459 e. The Morgan fingerprint density at radius 1 is 1.16 bits per heavy atom. The van der Waals surface area contributed by atoms with Crippen LogP contribution in [-0.2, 0) is 0 Å². The van der Waals surface area contributed by atoms with E-state index in [2.05, 4.69) is 15.3 Å². The number of rotatable bonds is 5. The number of aromatic nitrogens is 2. The van der Waals surface area contributed by atoms with Crippen molar-refractivity contribution < 1.29 is 14.0 Å². The van der Waals surface area contributed by atoms with Crippen LogP contribution >= 0.6 is 0 Å². The zero-order valence-electron chi connectivity index (χ0n) is 14.1. The molecule has 1 aliphatic heterocycles. The number of amides is 2. The molecule has 0 aromatic carbocycles. The lowest BCUT2D eigenvalue weighted by atomic mass is 10.2. The van der Waals surface area contributed by atoms with Crippen molar-refractivity contribution in [3.05, 3.63) is 42.1 Å². The summed E-state index contributed by atoms with van der Waals surface area (Å²) in [5, 5.41) is 3.07. The first-order valence-corrected chi connectivity index (χ1v) is 8.38. The van der Waals surface area contributed by atoms with Crippen LogP contribution in [0.4, 0.5) is 5.95 Å². The Morgan fingerprint density at radius 3 is 2.52 bits per heavy atom. The SMILES string of the molecule is CCCNc1nccc(C(=O)N2CCN(C(=O)c3ccco3)CC2)n1. The fourth-order valence-electron chi connectivity index (χ4n) is 2.63. The van der Waals surface area contributed by atoms with Gasteiger partial charge in [0.25, 0.3) is 11.8 Å². The average molecular weight is 343 g/mol. The molecule has 2 aromatic heterocycles. The number of furan rings is 1. The Hall–Kier alpha value is -2.90. The Labute approximate surface area is 145 Å². The lowest BCUT2D eigenvalue weighted by Crippen LogP contribution is -2.50. The summed E-state index contributed by atoms with van der Waals surface area (Å²) in [6.45, 7) is 4.67. The summed E-state index contributed by atoms with van der Waals surface area (Å²) in [6.07, 6.45) is 4.01. The highest BCUT2D eigenvalue weighted by molar-refractivity contribution is 5.93. The summed E-state index contributed by atoms with van der Waals surface area (Å²) >= 11 is 0. The van der Waals surface area contributed by atoms with Crippen molar-refractivity contribution >= 4 is 17.8 Å². The van der Waals surface area contributed by atoms with Gasteiger partial charge >= 0.3 is 0 Å². The molecule has 132 valence electrons. The summed E-state index contributed by atoms with van der Waals surface area (Å²) in [5.41, 5.74) is 0.361. The van der Waals surface area contributed by atoms with Crippen LogP contribution in [0.3, 0.4) is 0 Å². The van der Waals surface area contributed by atoms with E-state index in [1.165, 1.54) is 6.26 Å². The van der Waals surface area contributed by atoms with Crippen LogP contribution in [0.15, 0.2) is 35.1 Å². The molecule has 0 bridgehead atoms. The van der Waals surface area contributed by atoms with Crippen LogP contribution in [-0.4, -0.2) is 64.3 Å². The van der Waals surface area contributed by atoms with Gasteiger partial charge in [0.15, 0.2) is 5.76 Å². The van der Waals surface area contributed by atoms with Crippen molar-refractivity contribution in [1.29, 1.82) is 0 Å². The van der Waals surface area contributed by atoms with Gasteiger partial charge in [0.1, 0.15) is 5.69 Å². The first-order chi connectivity index (χ1) is 12.2. The largest absolute Gasteiger partial charge is 0.459 e. The second-order valence-corrected chi connectivity index (χ2v) is 5.75. The first kappa shape index (κ1) is 16.9. The summed E-state index contributed by atoms with van der Waals surface area (Å²) in [4.78, 5) is 36.6. The van der Waals surface area contributed by atoms with Crippen molar-refractivity contribution in [2.24, 2.45) is 0 Å². The Balaban J connectivity index is 1.59.